The summed E-state index contributed by atoms with van der Waals surface area (Å²) in [5.74, 6) is 0.671. The first kappa shape index (κ1) is 15.3. The highest BCUT2D eigenvalue weighted by atomic mass is 16.5. The molecule has 3 aromatic rings. The highest BCUT2D eigenvalue weighted by Gasteiger charge is 2.28. The molecule has 3 aromatic carbocycles. The van der Waals surface area contributed by atoms with Gasteiger partial charge in [-0.15, -0.1) is 0 Å². The summed E-state index contributed by atoms with van der Waals surface area (Å²) in [5, 5.41) is 6.23. The lowest BCUT2D eigenvalue weighted by Crippen LogP contribution is -2.31. The largest absolute Gasteiger partial charge is 0.480 e. The highest BCUT2D eigenvalue weighted by Crippen LogP contribution is 2.28. The zero-order valence-electron chi connectivity index (χ0n) is 13.6. The third kappa shape index (κ3) is 3.48. The van der Waals surface area contributed by atoms with Crippen LogP contribution in [0.3, 0.4) is 0 Å². The van der Waals surface area contributed by atoms with Crippen molar-refractivity contribution in [3.05, 3.63) is 84.4 Å². The molecule has 4 rings (SSSR count). The van der Waals surface area contributed by atoms with Crippen molar-refractivity contribution in [2.24, 2.45) is 0 Å². The summed E-state index contributed by atoms with van der Waals surface area (Å²) < 4.78 is 5.72. The molecule has 1 aliphatic heterocycles. The third-order valence-electron chi connectivity index (χ3n) is 4.15. The van der Waals surface area contributed by atoms with Gasteiger partial charge in [-0.3, -0.25) is 4.79 Å². The van der Waals surface area contributed by atoms with Gasteiger partial charge in [0.15, 0.2) is 6.10 Å². The number of fused-ring (bicyclic) bond motifs is 1. The Morgan fingerprint density at radius 3 is 2.20 bits per heavy atom. The Balaban J connectivity index is 1.38. The van der Waals surface area contributed by atoms with Crippen LogP contribution in [0.5, 0.6) is 5.75 Å². The van der Waals surface area contributed by atoms with Crippen molar-refractivity contribution in [1.82, 2.24) is 0 Å². The first-order chi connectivity index (χ1) is 12.3. The molecule has 0 saturated heterocycles. The molecule has 0 radical (unpaired) electrons. The van der Waals surface area contributed by atoms with Crippen LogP contribution in [0.4, 0.5) is 17.1 Å². The van der Waals surface area contributed by atoms with Gasteiger partial charge in [0.1, 0.15) is 5.75 Å². The molecule has 0 saturated carbocycles. The first-order valence-corrected chi connectivity index (χ1v) is 8.25. The van der Waals surface area contributed by atoms with Gasteiger partial charge in [0.05, 0.1) is 0 Å². The van der Waals surface area contributed by atoms with Crippen molar-refractivity contribution in [3.63, 3.8) is 0 Å². The van der Waals surface area contributed by atoms with E-state index in [1.807, 2.05) is 78.9 Å². The van der Waals surface area contributed by atoms with Crippen LogP contribution in [0.1, 0.15) is 5.56 Å². The van der Waals surface area contributed by atoms with Gasteiger partial charge in [-0.05, 0) is 48.0 Å². The van der Waals surface area contributed by atoms with E-state index in [4.69, 9.17) is 4.74 Å². The van der Waals surface area contributed by atoms with E-state index in [1.54, 1.807) is 0 Å². The summed E-state index contributed by atoms with van der Waals surface area (Å²) in [6, 6.07) is 25.4. The second-order valence-corrected chi connectivity index (χ2v) is 5.98. The van der Waals surface area contributed by atoms with E-state index in [0.29, 0.717) is 6.42 Å². The van der Waals surface area contributed by atoms with Crippen molar-refractivity contribution in [1.29, 1.82) is 0 Å². The van der Waals surface area contributed by atoms with Crippen LogP contribution in [0.15, 0.2) is 78.9 Å². The maximum absolute atomic E-state index is 12.4. The minimum atomic E-state index is -0.473. The van der Waals surface area contributed by atoms with Crippen LogP contribution in [-0.2, 0) is 11.2 Å². The molecule has 25 heavy (non-hydrogen) atoms. The van der Waals surface area contributed by atoms with E-state index in [-0.39, 0.29) is 5.91 Å². The molecule has 0 spiro atoms. The maximum Gasteiger partial charge on any atom is 0.265 e. The predicted molar refractivity (Wildman–Crippen MR) is 99.4 cm³/mol. The maximum atomic E-state index is 12.4. The first-order valence-electron chi connectivity index (χ1n) is 8.25. The lowest BCUT2D eigenvalue weighted by Gasteiger charge is -2.12. The number of amides is 1. The highest BCUT2D eigenvalue weighted by molar-refractivity contribution is 5.95. The number of carbonyl (C=O) groups excluding carboxylic acids is 1. The zero-order chi connectivity index (χ0) is 17.1. The van der Waals surface area contributed by atoms with E-state index in [1.165, 1.54) is 0 Å². The smallest absolute Gasteiger partial charge is 0.265 e. The Labute approximate surface area is 146 Å². The number of benzene rings is 3. The molecule has 2 N–H and O–H groups in total. The van der Waals surface area contributed by atoms with Crippen LogP contribution in [0, 0.1) is 0 Å². The summed E-state index contributed by atoms with van der Waals surface area (Å²) in [6.45, 7) is 0. The Kier molecular flexibility index (Phi) is 4.09. The zero-order valence-corrected chi connectivity index (χ0v) is 13.6. The quantitative estimate of drug-likeness (QED) is 0.747. The Bertz CT molecular complexity index is 851. The molecule has 124 valence electrons. The lowest BCUT2D eigenvalue weighted by molar-refractivity contribution is -0.122. The van der Waals surface area contributed by atoms with E-state index in [2.05, 4.69) is 10.6 Å². The van der Waals surface area contributed by atoms with Crippen molar-refractivity contribution in [2.75, 3.05) is 10.6 Å². The average molecular weight is 330 g/mol. The van der Waals surface area contributed by atoms with Gasteiger partial charge in [0.2, 0.25) is 0 Å². The Morgan fingerprint density at radius 1 is 0.800 bits per heavy atom. The van der Waals surface area contributed by atoms with Crippen molar-refractivity contribution >= 4 is 23.0 Å². The van der Waals surface area contributed by atoms with E-state index in [9.17, 15) is 4.79 Å². The number of anilines is 3. The SMILES string of the molecule is O=C(Nc1ccc(Nc2ccccc2)cc1)C1Cc2ccccc2O1. The molecule has 1 heterocycles. The van der Waals surface area contributed by atoms with Crippen molar-refractivity contribution in [2.45, 2.75) is 12.5 Å². The van der Waals surface area contributed by atoms with E-state index >= 15 is 0 Å². The van der Waals surface area contributed by atoms with Gasteiger partial charge in [0, 0.05) is 23.5 Å². The molecule has 4 heteroatoms. The molecule has 4 nitrogen and oxygen atoms in total. The molecular formula is C21H18N2O2. The second kappa shape index (κ2) is 6.69. The van der Waals surface area contributed by atoms with Gasteiger partial charge >= 0.3 is 0 Å². The molecule has 1 amide bonds. The normalized spacial score (nSPS) is 15.1. The predicted octanol–water partition coefficient (Wildman–Crippen LogP) is 4.37. The van der Waals surface area contributed by atoms with E-state index in [0.717, 1.165) is 28.4 Å². The molecule has 0 bridgehead atoms. The fraction of sp³-hybridized carbons (Fsp3) is 0.0952. The fourth-order valence-corrected chi connectivity index (χ4v) is 2.88. The Morgan fingerprint density at radius 2 is 1.44 bits per heavy atom. The monoisotopic (exact) mass is 330 g/mol. The van der Waals surface area contributed by atoms with Crippen LogP contribution in [0.2, 0.25) is 0 Å². The minimum Gasteiger partial charge on any atom is -0.480 e. The summed E-state index contributed by atoms with van der Waals surface area (Å²) in [6.07, 6.45) is 0.134. The number of hydrogen-bond acceptors (Lipinski definition) is 3. The molecule has 0 fully saturated rings. The number of para-hydroxylation sites is 2. The summed E-state index contributed by atoms with van der Waals surface area (Å²) in [4.78, 5) is 12.4. The summed E-state index contributed by atoms with van der Waals surface area (Å²) in [7, 11) is 0. The number of nitrogens with one attached hydrogen (secondary N) is 2. The lowest BCUT2D eigenvalue weighted by atomic mass is 10.1. The fourth-order valence-electron chi connectivity index (χ4n) is 2.88. The average Bonchev–Trinajstić information content (AvgIpc) is 3.09. The molecular weight excluding hydrogens is 312 g/mol. The molecule has 1 atom stereocenters. The summed E-state index contributed by atoms with van der Waals surface area (Å²) in [5.41, 5.74) is 3.82. The van der Waals surface area contributed by atoms with Crippen LogP contribution in [0.25, 0.3) is 0 Å². The van der Waals surface area contributed by atoms with Gasteiger partial charge in [0.25, 0.3) is 5.91 Å². The molecule has 0 aliphatic carbocycles. The molecule has 1 aliphatic rings. The van der Waals surface area contributed by atoms with Crippen LogP contribution >= 0.6 is 0 Å². The van der Waals surface area contributed by atoms with Crippen LogP contribution < -0.4 is 15.4 Å². The number of hydrogen-bond donors (Lipinski definition) is 2. The van der Waals surface area contributed by atoms with Crippen LogP contribution in [-0.4, -0.2) is 12.0 Å². The second-order valence-electron chi connectivity index (χ2n) is 5.98. The van der Waals surface area contributed by atoms with Crippen molar-refractivity contribution < 1.29 is 9.53 Å². The third-order valence-corrected chi connectivity index (χ3v) is 4.15. The van der Waals surface area contributed by atoms with Crippen molar-refractivity contribution in [3.8, 4) is 5.75 Å². The topological polar surface area (TPSA) is 50.4 Å². The Hall–Kier alpha value is -3.27. The summed E-state index contributed by atoms with van der Waals surface area (Å²) >= 11 is 0. The molecule has 0 aromatic heterocycles. The van der Waals surface area contributed by atoms with Gasteiger partial charge in [-0.25, -0.2) is 0 Å². The standard InChI is InChI=1S/C21H18N2O2/c24-21(20-14-15-6-4-5-9-19(15)25-20)23-18-12-10-17(11-13-18)22-16-7-2-1-3-8-16/h1-13,20,22H,14H2,(H,23,24). The minimum absolute atomic E-state index is 0.125. The van der Waals surface area contributed by atoms with Gasteiger partial charge < -0.3 is 15.4 Å². The number of rotatable bonds is 4. The number of ether oxygens (including phenoxy) is 1. The molecule has 1 unspecified atom stereocenters. The van der Waals surface area contributed by atoms with Gasteiger partial charge in [-0.1, -0.05) is 36.4 Å². The number of carbonyl (C=O) groups is 1. The van der Waals surface area contributed by atoms with Gasteiger partial charge in [-0.2, -0.15) is 0 Å². The van der Waals surface area contributed by atoms with E-state index < -0.39 is 6.10 Å².